The first-order valence-electron chi connectivity index (χ1n) is 7.18. The lowest BCUT2D eigenvalue weighted by molar-refractivity contribution is -0.860. The minimum absolute atomic E-state index is 1.08. The highest BCUT2D eigenvalue weighted by atomic mass is 15.2. The number of aromatic nitrogens is 4. The summed E-state index contributed by atoms with van der Waals surface area (Å²) in [5, 5.41) is 8.75. The molecule has 4 heterocycles. The first-order chi connectivity index (χ1) is 10.2. The molecule has 3 aromatic rings. The highest BCUT2D eigenvalue weighted by molar-refractivity contribution is 5.80. The Labute approximate surface area is 123 Å². The van der Waals surface area contributed by atoms with Crippen LogP contribution in [0.25, 0.3) is 22.2 Å². The summed E-state index contributed by atoms with van der Waals surface area (Å²) in [6.45, 7) is 2.17. The van der Waals surface area contributed by atoms with Crippen LogP contribution in [0.2, 0.25) is 0 Å². The van der Waals surface area contributed by atoms with Gasteiger partial charge < -0.3 is 4.90 Å². The molecular weight excluding hydrogens is 262 g/mol. The zero-order chi connectivity index (χ0) is 14.4. The summed E-state index contributed by atoms with van der Waals surface area (Å²) in [6.07, 6.45) is 10.3. The van der Waals surface area contributed by atoms with E-state index in [1.165, 1.54) is 21.6 Å². The van der Waals surface area contributed by atoms with E-state index in [0.717, 1.165) is 24.2 Å². The van der Waals surface area contributed by atoms with Crippen molar-refractivity contribution in [3.63, 3.8) is 0 Å². The summed E-state index contributed by atoms with van der Waals surface area (Å²) in [4.78, 5) is 1.52. The molecule has 1 unspecified atom stereocenters. The molecule has 1 aliphatic heterocycles. The van der Waals surface area contributed by atoms with Gasteiger partial charge in [-0.2, -0.15) is 10.2 Å². The molecule has 3 aromatic heterocycles. The summed E-state index contributed by atoms with van der Waals surface area (Å²) in [7, 11) is 4.15. The second-order valence-corrected chi connectivity index (χ2v) is 5.78. The third-order valence-corrected chi connectivity index (χ3v) is 4.09. The molecule has 0 saturated carbocycles. The van der Waals surface area contributed by atoms with Gasteiger partial charge in [-0.1, -0.05) is 6.07 Å². The predicted molar refractivity (Wildman–Crippen MR) is 82.0 cm³/mol. The number of nitrogens with zero attached hydrogens (tertiary/aromatic N) is 4. The number of hydrogen-bond acceptors (Lipinski definition) is 2. The van der Waals surface area contributed by atoms with Gasteiger partial charge >= 0.3 is 0 Å². The highest BCUT2D eigenvalue weighted by Crippen LogP contribution is 2.24. The molecule has 1 aliphatic rings. The van der Waals surface area contributed by atoms with E-state index in [-0.39, 0.29) is 0 Å². The average Bonchev–Trinajstić information content (AvgIpc) is 3.17. The average molecular weight is 280 g/mol. The van der Waals surface area contributed by atoms with Crippen molar-refractivity contribution >= 4 is 11.1 Å². The summed E-state index contributed by atoms with van der Waals surface area (Å²) in [5.41, 5.74) is 6.07. The van der Waals surface area contributed by atoms with Gasteiger partial charge in [0.05, 0.1) is 31.5 Å². The van der Waals surface area contributed by atoms with Crippen molar-refractivity contribution in [3.05, 3.63) is 48.6 Å². The van der Waals surface area contributed by atoms with Gasteiger partial charge in [0.25, 0.3) is 0 Å². The Morgan fingerprint density at radius 1 is 1.10 bits per heavy atom. The lowest BCUT2D eigenvalue weighted by Gasteiger charge is -2.05. The number of pyridine rings is 1. The molecule has 0 radical (unpaired) electrons. The minimum atomic E-state index is 1.08. The van der Waals surface area contributed by atoms with Crippen molar-refractivity contribution in [3.8, 4) is 11.1 Å². The van der Waals surface area contributed by atoms with Crippen LogP contribution in [0.5, 0.6) is 0 Å². The smallest absolute Gasteiger partial charge is 0.103 e. The van der Waals surface area contributed by atoms with E-state index in [1.54, 1.807) is 0 Å². The molecule has 0 aliphatic carbocycles. The van der Waals surface area contributed by atoms with Crippen molar-refractivity contribution in [2.45, 2.75) is 0 Å². The summed E-state index contributed by atoms with van der Waals surface area (Å²) in [5.74, 6) is 0. The van der Waals surface area contributed by atoms with Crippen molar-refractivity contribution in [2.24, 2.45) is 7.05 Å². The molecule has 106 valence electrons. The number of quaternary nitrogens is 1. The monoisotopic (exact) mass is 280 g/mol. The largest absolute Gasteiger partial charge is 0.330 e. The van der Waals surface area contributed by atoms with Gasteiger partial charge in [0.1, 0.15) is 6.54 Å². The maximum Gasteiger partial charge on any atom is 0.103 e. The van der Waals surface area contributed by atoms with Gasteiger partial charge in [-0.3, -0.25) is 4.68 Å². The van der Waals surface area contributed by atoms with E-state index in [4.69, 9.17) is 0 Å². The van der Waals surface area contributed by atoms with Crippen molar-refractivity contribution in [1.82, 2.24) is 19.4 Å². The fraction of sp³-hybridized carbons (Fsp3) is 0.250. The normalized spacial score (nSPS) is 18.4. The Kier molecular flexibility index (Phi) is 2.68. The fourth-order valence-corrected chi connectivity index (χ4v) is 2.94. The molecule has 1 N–H and O–H groups in total. The molecule has 1 atom stereocenters. The zero-order valence-corrected chi connectivity index (χ0v) is 12.2. The van der Waals surface area contributed by atoms with Crippen LogP contribution in [0, 0.1) is 0 Å². The van der Waals surface area contributed by atoms with Crippen molar-refractivity contribution in [2.75, 3.05) is 20.1 Å². The number of aryl methyl sites for hydroxylation is 1. The highest BCUT2D eigenvalue weighted by Gasteiger charge is 2.18. The number of fused-ring (bicyclic) bond motifs is 1. The zero-order valence-electron chi connectivity index (χ0n) is 12.2. The third kappa shape index (κ3) is 2.06. The van der Waals surface area contributed by atoms with Crippen LogP contribution in [0.3, 0.4) is 0 Å². The molecule has 5 nitrogen and oxygen atoms in total. The minimum Gasteiger partial charge on any atom is -0.330 e. The SMILES string of the molecule is Cn1cc(-c2ccc3c(C4=CC[NH+](C)C4)cnn3c2)cn1. The molecule has 0 amide bonds. The van der Waals surface area contributed by atoms with E-state index < -0.39 is 0 Å². The molecule has 0 spiro atoms. The van der Waals surface area contributed by atoms with Gasteiger partial charge in [0, 0.05) is 41.7 Å². The van der Waals surface area contributed by atoms with Crippen LogP contribution in [0.15, 0.2) is 43.0 Å². The molecule has 0 bridgehead atoms. The Morgan fingerprint density at radius 3 is 2.71 bits per heavy atom. The molecule has 5 heteroatoms. The predicted octanol–water partition coefficient (Wildman–Crippen LogP) is 0.646. The Balaban J connectivity index is 1.77. The van der Waals surface area contributed by atoms with E-state index in [9.17, 15) is 0 Å². The first kappa shape index (κ1) is 12.3. The third-order valence-electron chi connectivity index (χ3n) is 4.09. The standard InChI is InChI=1S/C16H17N5/c1-19-6-5-13(9-19)15-8-18-21-11-12(3-4-16(15)21)14-7-17-20(2)10-14/h3-5,7-8,10-11H,6,9H2,1-2H3/p+1. The molecule has 0 saturated heterocycles. The summed E-state index contributed by atoms with van der Waals surface area (Å²) >= 11 is 0. The maximum atomic E-state index is 4.52. The van der Waals surface area contributed by atoms with Crippen LogP contribution < -0.4 is 4.90 Å². The van der Waals surface area contributed by atoms with Gasteiger partial charge in [-0.05, 0) is 12.1 Å². The van der Waals surface area contributed by atoms with E-state index in [2.05, 4.69) is 41.7 Å². The lowest BCUT2D eigenvalue weighted by atomic mass is 10.1. The number of rotatable bonds is 2. The van der Waals surface area contributed by atoms with Gasteiger partial charge in [-0.15, -0.1) is 0 Å². The van der Waals surface area contributed by atoms with Crippen LogP contribution in [0.1, 0.15) is 5.56 Å². The Bertz CT molecular complexity index is 839. The van der Waals surface area contributed by atoms with Gasteiger partial charge in [-0.25, -0.2) is 4.52 Å². The van der Waals surface area contributed by atoms with Crippen LogP contribution in [0.4, 0.5) is 0 Å². The Morgan fingerprint density at radius 2 is 2.00 bits per heavy atom. The molecule has 4 rings (SSSR count). The second-order valence-electron chi connectivity index (χ2n) is 5.78. The fourth-order valence-electron chi connectivity index (χ4n) is 2.94. The van der Waals surface area contributed by atoms with Gasteiger partial charge in [0.15, 0.2) is 0 Å². The number of hydrogen-bond donors (Lipinski definition) is 1. The first-order valence-corrected chi connectivity index (χ1v) is 7.18. The molecular formula is C16H18N5+. The summed E-state index contributed by atoms with van der Waals surface area (Å²) in [6, 6.07) is 4.29. The van der Waals surface area contributed by atoms with Crippen LogP contribution in [-0.2, 0) is 7.05 Å². The van der Waals surface area contributed by atoms with Gasteiger partial charge in [0.2, 0.25) is 0 Å². The topological polar surface area (TPSA) is 39.6 Å². The van der Waals surface area contributed by atoms with Crippen molar-refractivity contribution < 1.29 is 4.90 Å². The number of nitrogens with one attached hydrogen (secondary N) is 1. The van der Waals surface area contributed by atoms with Crippen LogP contribution >= 0.6 is 0 Å². The molecule has 0 aromatic carbocycles. The lowest BCUT2D eigenvalue weighted by Crippen LogP contribution is -3.07. The second kappa shape index (κ2) is 4.56. The van der Waals surface area contributed by atoms with E-state index in [1.807, 2.05) is 34.8 Å². The van der Waals surface area contributed by atoms with E-state index in [0.29, 0.717) is 0 Å². The van der Waals surface area contributed by atoms with Crippen molar-refractivity contribution in [1.29, 1.82) is 0 Å². The van der Waals surface area contributed by atoms with E-state index >= 15 is 0 Å². The number of likely N-dealkylation sites (N-methyl/N-ethyl adjacent to an activating group) is 1. The van der Waals surface area contributed by atoms with Crippen LogP contribution in [-0.4, -0.2) is 39.5 Å². The Hall–Kier alpha value is -2.40. The molecule has 0 fully saturated rings. The maximum absolute atomic E-state index is 4.52. The quantitative estimate of drug-likeness (QED) is 0.748. The molecule has 21 heavy (non-hydrogen) atoms. The summed E-state index contributed by atoms with van der Waals surface area (Å²) < 4.78 is 3.78.